The van der Waals surface area contributed by atoms with Gasteiger partial charge >= 0.3 is 0 Å². The van der Waals surface area contributed by atoms with E-state index < -0.39 is 13.0 Å². The van der Waals surface area contributed by atoms with Crippen molar-refractivity contribution in [1.29, 1.82) is 0 Å². The number of ether oxygens (including phenoxy) is 1. The highest BCUT2D eigenvalue weighted by molar-refractivity contribution is 4.55. The smallest absolute Gasteiger partial charge is 0.261 e. The van der Waals surface area contributed by atoms with Crippen molar-refractivity contribution in [3.63, 3.8) is 0 Å². The normalized spacial score (nSPS) is 11.6. The molecule has 0 rings (SSSR count). The van der Waals surface area contributed by atoms with E-state index in [2.05, 4.69) is 24.5 Å². The summed E-state index contributed by atoms with van der Waals surface area (Å²) in [4.78, 5) is 0. The predicted molar refractivity (Wildman–Crippen MR) is 57.4 cm³/mol. The molecule has 2 N–H and O–H groups in total. The lowest BCUT2D eigenvalue weighted by Gasteiger charge is -2.09. The Bertz CT molecular complexity index is 121. The van der Waals surface area contributed by atoms with Crippen LogP contribution in [-0.2, 0) is 4.74 Å². The van der Waals surface area contributed by atoms with Crippen LogP contribution >= 0.6 is 0 Å². The summed E-state index contributed by atoms with van der Waals surface area (Å²) >= 11 is 0. The lowest BCUT2D eigenvalue weighted by Crippen LogP contribution is -2.32. The average Bonchev–Trinajstić information content (AvgIpc) is 2.14. The van der Waals surface area contributed by atoms with Crippen molar-refractivity contribution in [3.8, 4) is 0 Å². The number of rotatable bonds is 10. The van der Waals surface area contributed by atoms with Crippen molar-refractivity contribution >= 4 is 0 Å². The highest BCUT2D eigenvalue weighted by Gasteiger charge is 2.00. The summed E-state index contributed by atoms with van der Waals surface area (Å²) in [6, 6.07) is 0.501. The molecule has 0 fully saturated rings. The molecule has 0 amide bonds. The van der Waals surface area contributed by atoms with Gasteiger partial charge in [-0.15, -0.1) is 0 Å². The van der Waals surface area contributed by atoms with Crippen molar-refractivity contribution < 1.29 is 13.5 Å². The van der Waals surface area contributed by atoms with Crippen LogP contribution in [0.15, 0.2) is 0 Å². The van der Waals surface area contributed by atoms with Gasteiger partial charge in [-0.2, -0.15) is 0 Å². The minimum absolute atomic E-state index is 0.398. The number of alkyl halides is 2. The first kappa shape index (κ1) is 14.7. The number of halogens is 2. The molecule has 0 radical (unpaired) electrons. The molecule has 0 unspecified atom stereocenters. The topological polar surface area (TPSA) is 33.3 Å². The summed E-state index contributed by atoms with van der Waals surface area (Å²) in [6.45, 7) is 6.77. The Hall–Kier alpha value is -0.260. The Morgan fingerprint density at radius 1 is 1.13 bits per heavy atom. The quantitative estimate of drug-likeness (QED) is 0.548. The third-order valence-corrected chi connectivity index (χ3v) is 1.74. The highest BCUT2D eigenvalue weighted by Crippen LogP contribution is 1.92. The zero-order valence-corrected chi connectivity index (χ0v) is 9.56. The number of hydrogen-bond donors (Lipinski definition) is 2. The van der Waals surface area contributed by atoms with Gasteiger partial charge in [0.1, 0.15) is 6.61 Å². The van der Waals surface area contributed by atoms with Crippen LogP contribution in [0, 0.1) is 0 Å². The molecule has 0 heterocycles. The molecule has 15 heavy (non-hydrogen) atoms. The molecule has 3 nitrogen and oxygen atoms in total. The van der Waals surface area contributed by atoms with Gasteiger partial charge < -0.3 is 15.4 Å². The fourth-order valence-electron chi connectivity index (χ4n) is 1.05. The molecular formula is C10H22F2N2O. The highest BCUT2D eigenvalue weighted by atomic mass is 19.3. The first-order valence-corrected chi connectivity index (χ1v) is 5.43. The summed E-state index contributed by atoms with van der Waals surface area (Å²) in [5.41, 5.74) is 0. The zero-order chi connectivity index (χ0) is 11.5. The van der Waals surface area contributed by atoms with E-state index in [1.165, 1.54) is 0 Å². The van der Waals surface area contributed by atoms with E-state index >= 15 is 0 Å². The van der Waals surface area contributed by atoms with Gasteiger partial charge in [-0.05, 0) is 13.0 Å². The SMILES string of the molecule is CC(C)NCCNCCCOCC(F)F. The van der Waals surface area contributed by atoms with E-state index in [0.717, 1.165) is 26.1 Å². The largest absolute Gasteiger partial charge is 0.375 e. The van der Waals surface area contributed by atoms with E-state index in [-0.39, 0.29) is 0 Å². The van der Waals surface area contributed by atoms with E-state index in [0.29, 0.717) is 12.6 Å². The predicted octanol–water partition coefficient (Wildman–Crippen LogP) is 1.25. The molecular weight excluding hydrogens is 202 g/mol. The van der Waals surface area contributed by atoms with Gasteiger partial charge in [0.2, 0.25) is 0 Å². The van der Waals surface area contributed by atoms with Gasteiger partial charge in [-0.1, -0.05) is 13.8 Å². The van der Waals surface area contributed by atoms with Gasteiger partial charge in [-0.25, -0.2) is 8.78 Å². The van der Waals surface area contributed by atoms with Crippen LogP contribution in [0.5, 0.6) is 0 Å². The van der Waals surface area contributed by atoms with Gasteiger partial charge in [0.15, 0.2) is 0 Å². The van der Waals surface area contributed by atoms with Crippen LogP contribution in [0.1, 0.15) is 20.3 Å². The lowest BCUT2D eigenvalue weighted by molar-refractivity contribution is 0.0168. The minimum atomic E-state index is -2.35. The maximum atomic E-state index is 11.6. The van der Waals surface area contributed by atoms with Crippen molar-refractivity contribution in [2.45, 2.75) is 32.7 Å². The fraction of sp³-hybridized carbons (Fsp3) is 1.00. The molecule has 0 atom stereocenters. The van der Waals surface area contributed by atoms with Crippen molar-refractivity contribution in [2.75, 3.05) is 32.8 Å². The molecule has 0 spiro atoms. The summed E-state index contributed by atoms with van der Waals surface area (Å²) in [5.74, 6) is 0. The molecule has 0 saturated heterocycles. The zero-order valence-electron chi connectivity index (χ0n) is 9.56. The van der Waals surface area contributed by atoms with Crippen molar-refractivity contribution in [1.82, 2.24) is 10.6 Å². The van der Waals surface area contributed by atoms with E-state index in [9.17, 15) is 8.78 Å². The summed E-state index contributed by atoms with van der Waals surface area (Å²) in [7, 11) is 0. The van der Waals surface area contributed by atoms with E-state index in [4.69, 9.17) is 4.74 Å². The van der Waals surface area contributed by atoms with Gasteiger partial charge in [0, 0.05) is 25.7 Å². The Morgan fingerprint density at radius 3 is 2.47 bits per heavy atom. The monoisotopic (exact) mass is 224 g/mol. The molecule has 0 aromatic heterocycles. The average molecular weight is 224 g/mol. The lowest BCUT2D eigenvalue weighted by atomic mass is 10.4. The maximum absolute atomic E-state index is 11.6. The summed E-state index contributed by atoms with van der Waals surface area (Å²) in [6.07, 6.45) is -1.58. The van der Waals surface area contributed by atoms with Crippen molar-refractivity contribution in [3.05, 3.63) is 0 Å². The van der Waals surface area contributed by atoms with Gasteiger partial charge in [0.25, 0.3) is 6.43 Å². The van der Waals surface area contributed by atoms with Gasteiger partial charge in [0.05, 0.1) is 0 Å². The Morgan fingerprint density at radius 2 is 1.87 bits per heavy atom. The molecule has 92 valence electrons. The molecule has 0 saturated carbocycles. The van der Waals surface area contributed by atoms with Gasteiger partial charge in [-0.3, -0.25) is 0 Å². The first-order chi connectivity index (χ1) is 7.13. The van der Waals surface area contributed by atoms with Crippen LogP contribution in [0.25, 0.3) is 0 Å². The maximum Gasteiger partial charge on any atom is 0.261 e. The molecule has 0 bridgehead atoms. The van der Waals surface area contributed by atoms with Crippen LogP contribution in [0.4, 0.5) is 8.78 Å². The van der Waals surface area contributed by atoms with Crippen LogP contribution in [-0.4, -0.2) is 45.3 Å². The molecule has 5 heteroatoms. The van der Waals surface area contributed by atoms with Crippen molar-refractivity contribution in [2.24, 2.45) is 0 Å². The second-order valence-corrected chi connectivity index (χ2v) is 3.68. The second-order valence-electron chi connectivity index (χ2n) is 3.68. The molecule has 0 aromatic carbocycles. The first-order valence-electron chi connectivity index (χ1n) is 5.43. The third kappa shape index (κ3) is 13.7. The number of nitrogens with one attached hydrogen (secondary N) is 2. The molecule has 0 aliphatic carbocycles. The fourth-order valence-corrected chi connectivity index (χ4v) is 1.05. The van der Waals surface area contributed by atoms with Crippen LogP contribution in [0.3, 0.4) is 0 Å². The number of hydrogen-bond acceptors (Lipinski definition) is 3. The van der Waals surface area contributed by atoms with Crippen LogP contribution < -0.4 is 10.6 Å². The Balaban J connectivity index is 2.93. The molecule has 0 aliphatic heterocycles. The Labute approximate surface area is 90.6 Å². The summed E-state index contributed by atoms with van der Waals surface area (Å²) in [5, 5.41) is 6.47. The molecule has 0 aliphatic rings. The standard InChI is InChI=1S/C10H22F2N2O/c1-9(2)14-6-5-13-4-3-7-15-8-10(11)12/h9-10,13-14H,3-8H2,1-2H3. The molecule has 0 aromatic rings. The summed E-state index contributed by atoms with van der Waals surface area (Å²) < 4.78 is 28.0. The van der Waals surface area contributed by atoms with E-state index in [1.807, 2.05) is 0 Å². The third-order valence-electron chi connectivity index (χ3n) is 1.74. The second kappa shape index (κ2) is 10.3. The Kier molecular flexibility index (Phi) is 10.1. The minimum Gasteiger partial charge on any atom is -0.375 e. The van der Waals surface area contributed by atoms with Crippen LogP contribution in [0.2, 0.25) is 0 Å². The van der Waals surface area contributed by atoms with E-state index in [1.54, 1.807) is 0 Å².